The smallest absolute Gasteiger partial charge is 0.280 e. The Bertz CT molecular complexity index is 1370. The molecule has 180 valence electrons. The maximum absolute atomic E-state index is 15.1. The zero-order valence-electron chi connectivity index (χ0n) is 17.7. The summed E-state index contributed by atoms with van der Waals surface area (Å²) in [7, 11) is 1.29. The SMILES string of the molecule is COc1nc(NC2CCC(F)(F)CC2)nn2cc(F)c(-c3cc(F)c4ncc(C(F)F)n4c3)c12. The summed E-state index contributed by atoms with van der Waals surface area (Å²) in [6, 6.07) is 0.677. The number of alkyl halides is 4. The molecule has 0 spiro atoms. The van der Waals surface area contributed by atoms with Crippen molar-refractivity contribution in [1.82, 2.24) is 24.0 Å². The molecule has 0 atom stereocenters. The third kappa shape index (κ3) is 3.78. The first kappa shape index (κ1) is 22.3. The summed E-state index contributed by atoms with van der Waals surface area (Å²) in [4.78, 5) is 7.88. The van der Waals surface area contributed by atoms with Crippen molar-refractivity contribution in [3.8, 4) is 17.0 Å². The maximum atomic E-state index is 15.1. The molecule has 1 N–H and O–H groups in total. The van der Waals surface area contributed by atoms with E-state index >= 15 is 4.39 Å². The molecule has 4 aromatic heterocycles. The number of nitrogens with one attached hydrogen (secondary N) is 1. The predicted octanol–water partition coefficient (Wildman–Crippen LogP) is 5.26. The van der Waals surface area contributed by atoms with Gasteiger partial charge >= 0.3 is 0 Å². The number of ether oxygens (including phenoxy) is 1. The molecule has 4 heterocycles. The second-order valence-corrected chi connectivity index (χ2v) is 8.12. The van der Waals surface area contributed by atoms with Crippen molar-refractivity contribution in [2.75, 3.05) is 12.4 Å². The van der Waals surface area contributed by atoms with Crippen LogP contribution in [0.2, 0.25) is 0 Å². The number of rotatable bonds is 5. The normalized spacial score (nSPS) is 16.6. The summed E-state index contributed by atoms with van der Waals surface area (Å²) in [5, 5.41) is 7.17. The Morgan fingerprint density at radius 1 is 1.15 bits per heavy atom. The Morgan fingerprint density at radius 2 is 1.88 bits per heavy atom. The van der Waals surface area contributed by atoms with Crippen molar-refractivity contribution >= 4 is 17.1 Å². The van der Waals surface area contributed by atoms with Crippen molar-refractivity contribution in [3.05, 3.63) is 42.0 Å². The van der Waals surface area contributed by atoms with Gasteiger partial charge in [-0.1, -0.05) is 0 Å². The summed E-state index contributed by atoms with van der Waals surface area (Å²) in [5.74, 6) is -4.47. The van der Waals surface area contributed by atoms with Crippen LogP contribution in [0.4, 0.5) is 32.3 Å². The Morgan fingerprint density at radius 3 is 2.56 bits per heavy atom. The molecule has 4 aromatic rings. The van der Waals surface area contributed by atoms with Gasteiger partial charge in [-0.05, 0) is 18.9 Å². The molecular formula is C21H18F6N6O. The number of anilines is 1. The van der Waals surface area contributed by atoms with Crippen molar-refractivity contribution in [1.29, 1.82) is 0 Å². The van der Waals surface area contributed by atoms with Gasteiger partial charge < -0.3 is 10.1 Å². The first-order chi connectivity index (χ1) is 16.2. The largest absolute Gasteiger partial charge is 0.479 e. The van der Waals surface area contributed by atoms with Crippen LogP contribution in [-0.4, -0.2) is 43.1 Å². The van der Waals surface area contributed by atoms with Crippen LogP contribution < -0.4 is 10.1 Å². The molecule has 0 aromatic carbocycles. The van der Waals surface area contributed by atoms with E-state index in [0.29, 0.717) is 0 Å². The van der Waals surface area contributed by atoms with Gasteiger partial charge in [0.1, 0.15) is 11.2 Å². The standard InChI is InChI=1S/C21H18F6N6O/c1-34-19-16-15(10-6-12(22)18-28-7-14(17(24)25)32(18)8-10)13(23)9-33(16)31-20(30-19)29-11-2-4-21(26,27)5-3-11/h6-9,11,17H,2-5H2,1H3,(H,29,31). The van der Waals surface area contributed by atoms with Crippen LogP contribution >= 0.6 is 0 Å². The molecule has 1 aliphatic rings. The topological polar surface area (TPSA) is 68.8 Å². The van der Waals surface area contributed by atoms with Crippen LogP contribution in [0.25, 0.3) is 22.3 Å². The van der Waals surface area contributed by atoms with Crippen LogP contribution in [0.5, 0.6) is 5.88 Å². The number of pyridine rings is 1. The Hall–Kier alpha value is -3.51. The summed E-state index contributed by atoms with van der Waals surface area (Å²) in [6.07, 6.45) is -0.0318. The second-order valence-electron chi connectivity index (χ2n) is 8.12. The third-order valence-corrected chi connectivity index (χ3v) is 5.90. The molecule has 1 saturated carbocycles. The van der Waals surface area contributed by atoms with Crippen molar-refractivity contribution in [2.24, 2.45) is 0 Å². The molecule has 0 aliphatic heterocycles. The second kappa shape index (κ2) is 8.06. The van der Waals surface area contributed by atoms with Crippen LogP contribution in [0, 0.1) is 11.6 Å². The fourth-order valence-electron chi connectivity index (χ4n) is 4.23. The highest BCUT2D eigenvalue weighted by atomic mass is 19.3. The Labute approximate surface area is 188 Å². The number of halogens is 6. The molecule has 7 nitrogen and oxygen atoms in total. The number of hydrogen-bond donors (Lipinski definition) is 1. The fourth-order valence-corrected chi connectivity index (χ4v) is 4.23. The van der Waals surface area contributed by atoms with E-state index in [4.69, 9.17) is 4.74 Å². The van der Waals surface area contributed by atoms with Gasteiger partial charge in [-0.25, -0.2) is 35.8 Å². The number of methoxy groups -OCH3 is 1. The highest BCUT2D eigenvalue weighted by Gasteiger charge is 2.35. The third-order valence-electron chi connectivity index (χ3n) is 5.90. The number of nitrogens with zero attached hydrogens (tertiary/aromatic N) is 5. The molecule has 5 rings (SSSR count). The van der Waals surface area contributed by atoms with Gasteiger partial charge in [0, 0.05) is 30.6 Å². The van der Waals surface area contributed by atoms with Crippen LogP contribution in [-0.2, 0) is 0 Å². The Balaban J connectivity index is 1.58. The van der Waals surface area contributed by atoms with Crippen molar-refractivity contribution in [3.63, 3.8) is 0 Å². The lowest BCUT2D eigenvalue weighted by atomic mass is 9.92. The zero-order valence-corrected chi connectivity index (χ0v) is 17.7. The van der Waals surface area contributed by atoms with E-state index in [1.54, 1.807) is 0 Å². The van der Waals surface area contributed by atoms with Gasteiger partial charge in [-0.3, -0.25) is 4.40 Å². The molecule has 0 amide bonds. The number of aromatic nitrogens is 5. The monoisotopic (exact) mass is 484 g/mol. The minimum Gasteiger partial charge on any atom is -0.479 e. The highest BCUT2D eigenvalue weighted by molar-refractivity contribution is 5.85. The summed E-state index contributed by atoms with van der Waals surface area (Å²) in [6.45, 7) is 0. The highest BCUT2D eigenvalue weighted by Crippen LogP contribution is 2.37. The van der Waals surface area contributed by atoms with Crippen LogP contribution in [0.15, 0.2) is 24.7 Å². The first-order valence-corrected chi connectivity index (χ1v) is 10.4. The van der Waals surface area contributed by atoms with E-state index < -0.39 is 29.7 Å². The van der Waals surface area contributed by atoms with E-state index in [1.807, 2.05) is 0 Å². The average molecular weight is 484 g/mol. The molecule has 34 heavy (non-hydrogen) atoms. The average Bonchev–Trinajstić information content (AvgIpc) is 3.35. The lowest BCUT2D eigenvalue weighted by Gasteiger charge is -2.28. The lowest BCUT2D eigenvalue weighted by molar-refractivity contribution is -0.0361. The summed E-state index contributed by atoms with van der Waals surface area (Å²) in [5.41, 5.74) is -1.04. The molecule has 0 bridgehead atoms. The summed E-state index contributed by atoms with van der Waals surface area (Å²) < 4.78 is 90.5. The van der Waals surface area contributed by atoms with Crippen molar-refractivity contribution in [2.45, 2.75) is 44.1 Å². The molecule has 13 heteroatoms. The van der Waals surface area contributed by atoms with Gasteiger partial charge in [0.2, 0.25) is 17.8 Å². The van der Waals surface area contributed by atoms with Gasteiger partial charge in [-0.2, -0.15) is 4.98 Å². The van der Waals surface area contributed by atoms with E-state index in [0.717, 1.165) is 33.6 Å². The van der Waals surface area contributed by atoms with Crippen LogP contribution in [0.1, 0.15) is 37.8 Å². The van der Waals surface area contributed by atoms with E-state index in [1.165, 1.54) is 7.11 Å². The van der Waals surface area contributed by atoms with E-state index in [2.05, 4.69) is 20.4 Å². The first-order valence-electron chi connectivity index (χ1n) is 10.4. The van der Waals surface area contributed by atoms with Crippen LogP contribution in [0.3, 0.4) is 0 Å². The molecule has 0 unspecified atom stereocenters. The molecule has 0 saturated heterocycles. The van der Waals surface area contributed by atoms with E-state index in [9.17, 15) is 22.0 Å². The lowest BCUT2D eigenvalue weighted by Crippen LogP contribution is -2.32. The number of imidazole rings is 1. The van der Waals surface area contributed by atoms with Gasteiger partial charge in [-0.15, -0.1) is 5.10 Å². The maximum Gasteiger partial charge on any atom is 0.280 e. The quantitative estimate of drug-likeness (QED) is 0.392. The zero-order chi connectivity index (χ0) is 24.2. The van der Waals surface area contributed by atoms with Crippen molar-refractivity contribution < 1.29 is 31.1 Å². The Kier molecular flexibility index (Phi) is 5.29. The number of fused-ring (bicyclic) bond motifs is 2. The molecular weight excluding hydrogens is 466 g/mol. The van der Waals surface area contributed by atoms with Gasteiger partial charge in [0.05, 0.1) is 25.1 Å². The minimum absolute atomic E-state index is 0.0392. The molecule has 1 aliphatic carbocycles. The van der Waals surface area contributed by atoms with E-state index in [-0.39, 0.29) is 65.8 Å². The van der Waals surface area contributed by atoms with Gasteiger partial charge in [0.15, 0.2) is 17.3 Å². The molecule has 1 fully saturated rings. The minimum atomic E-state index is -2.92. The summed E-state index contributed by atoms with van der Waals surface area (Å²) >= 11 is 0. The van der Waals surface area contributed by atoms with Gasteiger partial charge in [0.25, 0.3) is 6.43 Å². The molecule has 0 radical (unpaired) electrons. The fraction of sp³-hybridized carbons (Fsp3) is 0.381. The predicted molar refractivity (Wildman–Crippen MR) is 109 cm³/mol. The number of hydrogen-bond acceptors (Lipinski definition) is 5.